The smallest absolute Gasteiger partial charge is 0.326 e. The van der Waals surface area contributed by atoms with Gasteiger partial charge in [-0.3, -0.25) is 0 Å². The quantitative estimate of drug-likeness (QED) is 0.911. The van der Waals surface area contributed by atoms with Crippen LogP contribution in [0.4, 0.5) is 13.2 Å². The third kappa shape index (κ3) is 2.60. The summed E-state index contributed by atoms with van der Waals surface area (Å²) in [6.45, 7) is 3.29. The molecule has 0 atom stereocenters. The van der Waals surface area contributed by atoms with Gasteiger partial charge in [0.1, 0.15) is 11.6 Å². The van der Waals surface area contributed by atoms with Crippen molar-refractivity contribution in [1.82, 2.24) is 14.8 Å². The number of nitrogens with zero attached hydrogens (tertiary/aromatic N) is 3. The highest BCUT2D eigenvalue weighted by Crippen LogP contribution is 2.34. The van der Waals surface area contributed by atoms with Gasteiger partial charge in [-0.05, 0) is 31.5 Å². The minimum absolute atomic E-state index is 0.0391. The van der Waals surface area contributed by atoms with Crippen molar-refractivity contribution in [3.8, 4) is 5.69 Å². The minimum atomic E-state index is -4.47. The molecule has 0 bridgehead atoms. The largest absolute Gasteiger partial charge is 0.418 e. The minimum Gasteiger partial charge on any atom is -0.326 e. The van der Waals surface area contributed by atoms with Crippen LogP contribution in [0.1, 0.15) is 22.8 Å². The standard InChI is InChI=1S/C12H13F3N4/c1-7-17-8(2)19(18-7)11-4-3-9(6-16)5-10(11)12(13,14)15/h3-5H,6,16H2,1-2H3. The summed E-state index contributed by atoms with van der Waals surface area (Å²) in [5, 5.41) is 3.98. The van der Waals surface area contributed by atoms with Crippen molar-refractivity contribution in [3.05, 3.63) is 41.0 Å². The average Bonchev–Trinajstić information content (AvgIpc) is 2.66. The van der Waals surface area contributed by atoms with Gasteiger partial charge < -0.3 is 5.73 Å². The second-order valence-electron chi connectivity index (χ2n) is 4.17. The zero-order chi connectivity index (χ0) is 14.2. The molecule has 0 saturated carbocycles. The Morgan fingerprint density at radius 3 is 2.42 bits per heavy atom. The van der Waals surface area contributed by atoms with Crippen molar-refractivity contribution in [2.24, 2.45) is 5.73 Å². The predicted octanol–water partition coefficient (Wildman–Crippen LogP) is 2.36. The highest BCUT2D eigenvalue weighted by molar-refractivity contribution is 5.45. The van der Waals surface area contributed by atoms with Gasteiger partial charge in [0.2, 0.25) is 0 Å². The topological polar surface area (TPSA) is 56.7 Å². The lowest BCUT2D eigenvalue weighted by Gasteiger charge is -2.14. The molecule has 1 aromatic heterocycles. The molecular weight excluding hydrogens is 257 g/mol. The summed E-state index contributed by atoms with van der Waals surface area (Å²) in [7, 11) is 0. The van der Waals surface area contributed by atoms with Crippen LogP contribution >= 0.6 is 0 Å². The Bertz CT molecular complexity index is 602. The van der Waals surface area contributed by atoms with E-state index in [1.807, 2.05) is 0 Å². The van der Waals surface area contributed by atoms with Crippen LogP contribution in [0.3, 0.4) is 0 Å². The van der Waals surface area contributed by atoms with Crippen molar-refractivity contribution in [3.63, 3.8) is 0 Å². The molecule has 0 spiro atoms. The van der Waals surface area contributed by atoms with E-state index >= 15 is 0 Å². The first kappa shape index (κ1) is 13.5. The molecule has 0 radical (unpaired) electrons. The Kier molecular flexibility index (Phi) is 3.32. The number of halogens is 3. The number of rotatable bonds is 2. The van der Waals surface area contributed by atoms with Gasteiger partial charge in [-0.25, -0.2) is 9.67 Å². The van der Waals surface area contributed by atoms with Crippen LogP contribution in [0.5, 0.6) is 0 Å². The van der Waals surface area contributed by atoms with Gasteiger partial charge in [0.15, 0.2) is 0 Å². The van der Waals surface area contributed by atoms with E-state index in [9.17, 15) is 13.2 Å². The summed E-state index contributed by atoms with van der Waals surface area (Å²) < 4.78 is 40.5. The number of benzene rings is 1. The van der Waals surface area contributed by atoms with Crippen molar-refractivity contribution in [2.75, 3.05) is 0 Å². The van der Waals surface area contributed by atoms with Crippen molar-refractivity contribution < 1.29 is 13.2 Å². The van der Waals surface area contributed by atoms with Gasteiger partial charge in [-0.1, -0.05) is 6.07 Å². The molecule has 0 aliphatic carbocycles. The first-order valence-electron chi connectivity index (χ1n) is 5.63. The third-order valence-corrected chi connectivity index (χ3v) is 2.71. The van der Waals surface area contributed by atoms with Crippen LogP contribution in [0, 0.1) is 13.8 Å². The normalized spacial score (nSPS) is 11.9. The molecule has 1 heterocycles. The molecule has 0 amide bonds. The first-order chi connectivity index (χ1) is 8.82. The van der Waals surface area contributed by atoms with Crippen LogP contribution < -0.4 is 5.73 Å². The number of aryl methyl sites for hydroxylation is 2. The molecule has 2 rings (SSSR count). The monoisotopic (exact) mass is 270 g/mol. The maximum absolute atomic E-state index is 13.1. The molecule has 2 aromatic rings. The molecular formula is C12H13F3N4. The number of hydrogen-bond acceptors (Lipinski definition) is 3. The average molecular weight is 270 g/mol. The summed E-state index contributed by atoms with van der Waals surface area (Å²) in [4.78, 5) is 4.01. The molecule has 0 aliphatic heterocycles. The number of nitrogens with two attached hydrogens (primary N) is 1. The van der Waals surface area contributed by atoms with Gasteiger partial charge in [0, 0.05) is 6.54 Å². The van der Waals surface area contributed by atoms with Crippen LogP contribution in [-0.2, 0) is 12.7 Å². The van der Waals surface area contributed by atoms with Crippen LogP contribution in [0.25, 0.3) is 5.69 Å². The van der Waals surface area contributed by atoms with Gasteiger partial charge >= 0.3 is 6.18 Å². The summed E-state index contributed by atoms with van der Waals surface area (Å²) in [6.07, 6.45) is -4.47. The summed E-state index contributed by atoms with van der Waals surface area (Å²) in [5.74, 6) is 0.831. The Labute approximate surface area is 108 Å². The Morgan fingerprint density at radius 2 is 1.95 bits per heavy atom. The number of alkyl halides is 3. The van der Waals surface area contributed by atoms with Gasteiger partial charge in [0.05, 0.1) is 11.3 Å². The Morgan fingerprint density at radius 1 is 1.26 bits per heavy atom. The molecule has 7 heteroatoms. The second kappa shape index (κ2) is 4.65. The molecule has 0 aliphatic rings. The fourth-order valence-corrected chi connectivity index (χ4v) is 1.87. The van der Waals surface area contributed by atoms with E-state index in [1.54, 1.807) is 19.9 Å². The Hall–Kier alpha value is -1.89. The molecule has 0 saturated heterocycles. The molecule has 2 N–H and O–H groups in total. The van der Waals surface area contributed by atoms with Crippen molar-refractivity contribution in [2.45, 2.75) is 26.6 Å². The molecule has 1 aromatic carbocycles. The second-order valence-corrected chi connectivity index (χ2v) is 4.17. The number of aromatic nitrogens is 3. The fraction of sp³-hybridized carbons (Fsp3) is 0.333. The van der Waals surface area contributed by atoms with E-state index in [1.165, 1.54) is 10.7 Å². The van der Waals surface area contributed by atoms with E-state index in [0.717, 1.165) is 6.07 Å². The predicted molar refractivity (Wildman–Crippen MR) is 63.7 cm³/mol. The van der Waals surface area contributed by atoms with Gasteiger partial charge in [0.25, 0.3) is 0 Å². The van der Waals surface area contributed by atoms with Gasteiger partial charge in [-0.2, -0.15) is 18.3 Å². The maximum atomic E-state index is 13.1. The lowest BCUT2D eigenvalue weighted by Crippen LogP contribution is -2.14. The molecule has 102 valence electrons. The third-order valence-electron chi connectivity index (χ3n) is 2.71. The zero-order valence-electron chi connectivity index (χ0n) is 10.5. The summed E-state index contributed by atoms with van der Waals surface area (Å²) in [5.41, 5.74) is 5.00. The van der Waals surface area contributed by atoms with E-state index in [4.69, 9.17) is 5.73 Å². The van der Waals surface area contributed by atoms with E-state index in [-0.39, 0.29) is 12.2 Å². The van der Waals surface area contributed by atoms with Crippen LogP contribution in [-0.4, -0.2) is 14.8 Å². The molecule has 0 fully saturated rings. The lowest BCUT2D eigenvalue weighted by atomic mass is 10.1. The van der Waals surface area contributed by atoms with Crippen LogP contribution in [0.2, 0.25) is 0 Å². The van der Waals surface area contributed by atoms with E-state index in [2.05, 4.69) is 10.1 Å². The summed E-state index contributed by atoms with van der Waals surface area (Å²) >= 11 is 0. The Balaban J connectivity index is 2.66. The van der Waals surface area contributed by atoms with E-state index in [0.29, 0.717) is 17.2 Å². The highest BCUT2D eigenvalue weighted by Gasteiger charge is 2.34. The van der Waals surface area contributed by atoms with E-state index < -0.39 is 11.7 Å². The maximum Gasteiger partial charge on any atom is 0.418 e. The lowest BCUT2D eigenvalue weighted by molar-refractivity contribution is -0.137. The number of hydrogen-bond donors (Lipinski definition) is 1. The van der Waals surface area contributed by atoms with Gasteiger partial charge in [-0.15, -0.1) is 0 Å². The SMILES string of the molecule is Cc1nc(C)n(-c2ccc(CN)cc2C(F)(F)F)n1. The van der Waals surface area contributed by atoms with Crippen molar-refractivity contribution >= 4 is 0 Å². The molecule has 0 unspecified atom stereocenters. The summed E-state index contributed by atoms with van der Waals surface area (Å²) in [6, 6.07) is 3.97. The van der Waals surface area contributed by atoms with Crippen LogP contribution in [0.15, 0.2) is 18.2 Å². The molecule has 19 heavy (non-hydrogen) atoms. The fourth-order valence-electron chi connectivity index (χ4n) is 1.87. The molecule has 4 nitrogen and oxygen atoms in total. The van der Waals surface area contributed by atoms with Crippen molar-refractivity contribution in [1.29, 1.82) is 0 Å². The first-order valence-corrected chi connectivity index (χ1v) is 5.63. The highest BCUT2D eigenvalue weighted by atomic mass is 19.4. The zero-order valence-corrected chi connectivity index (χ0v) is 10.5.